The molecule has 1 aliphatic heterocycles. The van der Waals surface area contributed by atoms with Crippen LogP contribution >= 0.6 is 0 Å². The molecule has 6 heteroatoms. The monoisotopic (exact) mass is 303 g/mol. The van der Waals surface area contributed by atoms with Crippen molar-refractivity contribution in [2.45, 2.75) is 57.4 Å². The molecule has 1 saturated carbocycles. The van der Waals surface area contributed by atoms with Gasteiger partial charge in [-0.25, -0.2) is 0 Å². The SMILES string of the molecule is CN(C1CCCCCC1)S(=O)(=O)N1CCCC(CN)C1. The topological polar surface area (TPSA) is 66.6 Å². The quantitative estimate of drug-likeness (QED) is 0.801. The average molecular weight is 303 g/mol. The first-order valence-electron chi connectivity index (χ1n) is 7.99. The first-order valence-corrected chi connectivity index (χ1v) is 9.38. The highest BCUT2D eigenvalue weighted by Crippen LogP contribution is 2.26. The second-order valence-electron chi connectivity index (χ2n) is 6.27. The maximum Gasteiger partial charge on any atom is 0.281 e. The van der Waals surface area contributed by atoms with Crippen LogP contribution in [0, 0.1) is 5.92 Å². The van der Waals surface area contributed by atoms with Crippen molar-refractivity contribution in [3.8, 4) is 0 Å². The summed E-state index contributed by atoms with van der Waals surface area (Å²) >= 11 is 0. The largest absolute Gasteiger partial charge is 0.330 e. The Hall–Kier alpha value is -0.170. The molecule has 1 atom stereocenters. The number of rotatable bonds is 4. The summed E-state index contributed by atoms with van der Waals surface area (Å²) in [6.45, 7) is 1.82. The Morgan fingerprint density at radius 3 is 2.35 bits per heavy atom. The van der Waals surface area contributed by atoms with E-state index >= 15 is 0 Å². The number of hydrogen-bond acceptors (Lipinski definition) is 3. The molecule has 5 nitrogen and oxygen atoms in total. The molecule has 0 spiro atoms. The van der Waals surface area contributed by atoms with E-state index in [0.717, 1.165) is 38.5 Å². The van der Waals surface area contributed by atoms with Gasteiger partial charge in [0.15, 0.2) is 0 Å². The standard InChI is InChI=1S/C14H29N3O2S/c1-16(14-8-4-2-3-5-9-14)20(18,19)17-10-6-7-13(11-15)12-17/h13-14H,2-12,15H2,1H3. The van der Waals surface area contributed by atoms with Crippen molar-refractivity contribution in [1.29, 1.82) is 0 Å². The minimum absolute atomic E-state index is 0.181. The van der Waals surface area contributed by atoms with Gasteiger partial charge in [-0.15, -0.1) is 0 Å². The first-order chi connectivity index (χ1) is 9.55. The molecule has 0 aromatic carbocycles. The third-order valence-corrected chi connectivity index (χ3v) is 6.85. The van der Waals surface area contributed by atoms with Crippen LogP contribution in [0.2, 0.25) is 0 Å². The molecule has 0 aromatic heterocycles. The van der Waals surface area contributed by atoms with Gasteiger partial charge < -0.3 is 5.73 Å². The van der Waals surface area contributed by atoms with Gasteiger partial charge in [0.05, 0.1) is 0 Å². The van der Waals surface area contributed by atoms with Crippen LogP contribution in [0.5, 0.6) is 0 Å². The van der Waals surface area contributed by atoms with Gasteiger partial charge in [0.1, 0.15) is 0 Å². The van der Waals surface area contributed by atoms with Gasteiger partial charge in [-0.1, -0.05) is 25.7 Å². The minimum Gasteiger partial charge on any atom is -0.330 e. The maximum atomic E-state index is 12.8. The van der Waals surface area contributed by atoms with E-state index in [1.54, 1.807) is 15.7 Å². The fourth-order valence-corrected chi connectivity index (χ4v) is 5.13. The van der Waals surface area contributed by atoms with Gasteiger partial charge in [-0.05, 0) is 38.1 Å². The van der Waals surface area contributed by atoms with Crippen LogP contribution in [0.1, 0.15) is 51.4 Å². The van der Waals surface area contributed by atoms with Crippen LogP contribution in [-0.4, -0.2) is 49.8 Å². The number of piperidine rings is 1. The molecule has 2 rings (SSSR count). The average Bonchev–Trinajstić information content (AvgIpc) is 2.75. The summed E-state index contributed by atoms with van der Waals surface area (Å²) in [5.41, 5.74) is 5.71. The summed E-state index contributed by atoms with van der Waals surface area (Å²) in [5, 5.41) is 0. The fraction of sp³-hybridized carbons (Fsp3) is 1.00. The van der Waals surface area contributed by atoms with Crippen LogP contribution < -0.4 is 5.73 Å². The normalized spacial score (nSPS) is 27.6. The van der Waals surface area contributed by atoms with Crippen molar-refractivity contribution in [1.82, 2.24) is 8.61 Å². The van der Waals surface area contributed by atoms with E-state index in [2.05, 4.69) is 0 Å². The Morgan fingerprint density at radius 2 is 1.75 bits per heavy atom. The van der Waals surface area contributed by atoms with E-state index in [1.165, 1.54) is 12.8 Å². The van der Waals surface area contributed by atoms with Crippen LogP contribution in [-0.2, 0) is 10.2 Å². The van der Waals surface area contributed by atoms with Gasteiger partial charge in [0, 0.05) is 26.2 Å². The molecule has 1 aliphatic carbocycles. The zero-order valence-corrected chi connectivity index (χ0v) is 13.4. The van der Waals surface area contributed by atoms with Crippen molar-refractivity contribution in [2.24, 2.45) is 11.7 Å². The van der Waals surface area contributed by atoms with E-state index in [-0.39, 0.29) is 6.04 Å². The lowest BCUT2D eigenvalue weighted by Crippen LogP contribution is -2.50. The van der Waals surface area contributed by atoms with Gasteiger partial charge in [-0.2, -0.15) is 17.0 Å². The predicted molar refractivity (Wildman–Crippen MR) is 81.5 cm³/mol. The molecule has 2 aliphatic rings. The Bertz CT molecular complexity index is 391. The highest BCUT2D eigenvalue weighted by molar-refractivity contribution is 7.86. The molecule has 0 bridgehead atoms. The lowest BCUT2D eigenvalue weighted by atomic mass is 10.0. The molecule has 2 fully saturated rings. The molecule has 1 saturated heterocycles. The lowest BCUT2D eigenvalue weighted by Gasteiger charge is -2.36. The minimum atomic E-state index is -3.31. The number of nitrogens with two attached hydrogens (primary N) is 1. The first kappa shape index (κ1) is 16.2. The van der Waals surface area contributed by atoms with Gasteiger partial charge in [0.2, 0.25) is 0 Å². The summed E-state index contributed by atoms with van der Waals surface area (Å²) < 4.78 is 28.8. The highest BCUT2D eigenvalue weighted by Gasteiger charge is 2.34. The molecule has 1 unspecified atom stereocenters. The molecule has 0 radical (unpaired) electrons. The lowest BCUT2D eigenvalue weighted by molar-refractivity contribution is 0.239. The van der Waals surface area contributed by atoms with Gasteiger partial charge in [0.25, 0.3) is 10.2 Å². The second kappa shape index (κ2) is 7.20. The summed E-state index contributed by atoms with van der Waals surface area (Å²) in [7, 11) is -1.55. The fourth-order valence-electron chi connectivity index (χ4n) is 3.42. The van der Waals surface area contributed by atoms with Crippen molar-refractivity contribution in [2.75, 3.05) is 26.7 Å². The number of hydrogen-bond donors (Lipinski definition) is 1. The number of nitrogens with zero attached hydrogens (tertiary/aromatic N) is 2. The molecular formula is C14H29N3O2S. The van der Waals surface area contributed by atoms with E-state index < -0.39 is 10.2 Å². The Morgan fingerprint density at radius 1 is 1.10 bits per heavy atom. The van der Waals surface area contributed by atoms with E-state index in [0.29, 0.717) is 25.6 Å². The van der Waals surface area contributed by atoms with Crippen LogP contribution in [0.25, 0.3) is 0 Å². The van der Waals surface area contributed by atoms with Crippen molar-refractivity contribution >= 4 is 10.2 Å². The molecule has 0 aromatic rings. The molecule has 118 valence electrons. The van der Waals surface area contributed by atoms with E-state index in [1.807, 2.05) is 0 Å². The predicted octanol–water partition coefficient (Wildman–Crippen LogP) is 1.56. The molecule has 2 N–H and O–H groups in total. The van der Waals surface area contributed by atoms with Crippen LogP contribution in [0.3, 0.4) is 0 Å². The molecular weight excluding hydrogens is 274 g/mol. The van der Waals surface area contributed by atoms with E-state index in [9.17, 15) is 8.42 Å². The maximum absolute atomic E-state index is 12.8. The summed E-state index contributed by atoms with van der Waals surface area (Å²) in [4.78, 5) is 0. The summed E-state index contributed by atoms with van der Waals surface area (Å²) in [6, 6.07) is 0.181. The molecule has 20 heavy (non-hydrogen) atoms. The Balaban J connectivity index is 2.04. The highest BCUT2D eigenvalue weighted by atomic mass is 32.2. The van der Waals surface area contributed by atoms with Crippen molar-refractivity contribution in [3.05, 3.63) is 0 Å². The van der Waals surface area contributed by atoms with Crippen molar-refractivity contribution in [3.63, 3.8) is 0 Å². The third-order valence-electron chi connectivity index (χ3n) is 4.84. The molecule has 1 heterocycles. The second-order valence-corrected chi connectivity index (χ2v) is 8.26. The Kier molecular flexibility index (Phi) is 5.84. The Labute approximate surface area is 123 Å². The van der Waals surface area contributed by atoms with Gasteiger partial charge in [-0.3, -0.25) is 0 Å². The van der Waals surface area contributed by atoms with E-state index in [4.69, 9.17) is 5.73 Å². The van der Waals surface area contributed by atoms with Crippen LogP contribution in [0.15, 0.2) is 0 Å². The summed E-state index contributed by atoms with van der Waals surface area (Å²) in [6.07, 6.45) is 8.77. The third kappa shape index (κ3) is 3.72. The van der Waals surface area contributed by atoms with Crippen LogP contribution in [0.4, 0.5) is 0 Å². The zero-order valence-electron chi connectivity index (χ0n) is 12.6. The smallest absolute Gasteiger partial charge is 0.281 e. The summed E-state index contributed by atoms with van der Waals surface area (Å²) in [5.74, 6) is 0.320. The zero-order chi connectivity index (χ0) is 14.6. The van der Waals surface area contributed by atoms with Crippen molar-refractivity contribution < 1.29 is 8.42 Å². The van der Waals surface area contributed by atoms with Gasteiger partial charge >= 0.3 is 0 Å². The molecule has 0 amide bonds.